The van der Waals surface area contributed by atoms with E-state index in [1.54, 1.807) is 12.3 Å². The minimum atomic E-state index is -4.83. The van der Waals surface area contributed by atoms with Crippen molar-refractivity contribution in [2.45, 2.75) is 25.2 Å². The van der Waals surface area contributed by atoms with Crippen LogP contribution in [-0.4, -0.2) is 42.9 Å². The molecule has 5 rings (SSSR count). The molecule has 1 aliphatic carbocycles. The summed E-state index contributed by atoms with van der Waals surface area (Å²) in [5, 5.41) is 0.726. The molecule has 10 heteroatoms. The standard InChI is InChI=1S/C24H21F3N4O3/c1-14-13-23(14)21(32)30(15-7-9-16(10-8-15)34-24(25,26)27)22(33)31(23)18-11-12-28-20-17(18)5-4-6-19(20)29(2)3/h4-12,14H,13H2,1-3H3. The summed E-state index contributed by atoms with van der Waals surface area (Å²) in [5.41, 5.74) is 1.27. The largest absolute Gasteiger partial charge is 0.573 e. The highest BCUT2D eigenvalue weighted by Crippen LogP contribution is 2.56. The van der Waals surface area contributed by atoms with Gasteiger partial charge < -0.3 is 9.64 Å². The molecule has 34 heavy (non-hydrogen) atoms. The molecular weight excluding hydrogens is 449 g/mol. The third-order valence-electron chi connectivity index (χ3n) is 6.41. The summed E-state index contributed by atoms with van der Waals surface area (Å²) in [6.45, 7) is 1.90. The van der Waals surface area contributed by atoms with Gasteiger partial charge in [0.15, 0.2) is 0 Å². The van der Waals surface area contributed by atoms with Crippen molar-refractivity contribution in [3.8, 4) is 5.75 Å². The number of anilines is 3. The number of rotatable bonds is 4. The predicted molar refractivity (Wildman–Crippen MR) is 121 cm³/mol. The van der Waals surface area contributed by atoms with Crippen LogP contribution in [0, 0.1) is 5.92 Å². The van der Waals surface area contributed by atoms with Crippen molar-refractivity contribution in [2.75, 3.05) is 28.8 Å². The van der Waals surface area contributed by atoms with Crippen LogP contribution in [0.15, 0.2) is 54.7 Å². The maximum absolute atomic E-state index is 13.7. The van der Waals surface area contributed by atoms with E-state index in [4.69, 9.17) is 0 Å². The minimum Gasteiger partial charge on any atom is -0.406 e. The lowest BCUT2D eigenvalue weighted by atomic mass is 10.1. The summed E-state index contributed by atoms with van der Waals surface area (Å²) in [7, 11) is 3.79. The smallest absolute Gasteiger partial charge is 0.406 e. The number of ether oxygens (including phenoxy) is 1. The molecule has 2 aromatic carbocycles. The Bertz CT molecular complexity index is 1310. The lowest BCUT2D eigenvalue weighted by Gasteiger charge is -2.24. The van der Waals surface area contributed by atoms with Crippen LogP contribution in [0.3, 0.4) is 0 Å². The zero-order valence-electron chi connectivity index (χ0n) is 18.6. The highest BCUT2D eigenvalue weighted by Gasteiger charge is 2.70. The molecule has 1 aliphatic heterocycles. The van der Waals surface area contributed by atoms with Crippen LogP contribution in [0.5, 0.6) is 5.75 Å². The van der Waals surface area contributed by atoms with Crippen molar-refractivity contribution < 1.29 is 27.5 Å². The number of para-hydroxylation sites is 1. The molecule has 1 saturated carbocycles. The molecule has 2 unspecified atom stereocenters. The van der Waals surface area contributed by atoms with Gasteiger partial charge in [0.05, 0.1) is 22.6 Å². The number of carbonyl (C=O) groups excluding carboxylic acids is 2. The fourth-order valence-electron chi connectivity index (χ4n) is 4.71. The number of urea groups is 1. The Morgan fingerprint density at radius 1 is 1.09 bits per heavy atom. The summed E-state index contributed by atoms with van der Waals surface area (Å²) in [5.74, 6) is -0.914. The molecule has 2 atom stereocenters. The fraction of sp³-hybridized carbons (Fsp3) is 0.292. The van der Waals surface area contributed by atoms with Crippen molar-refractivity contribution >= 4 is 39.9 Å². The summed E-state index contributed by atoms with van der Waals surface area (Å²) in [6.07, 6.45) is -2.74. The SMILES string of the molecule is CC1CC12C(=O)N(c1ccc(OC(F)(F)F)cc1)C(=O)N2c1ccnc2c(N(C)C)cccc12. The van der Waals surface area contributed by atoms with Gasteiger partial charge in [-0.2, -0.15) is 0 Å². The first kappa shape index (κ1) is 22.0. The molecule has 2 fully saturated rings. The monoisotopic (exact) mass is 470 g/mol. The van der Waals surface area contributed by atoms with Crippen molar-refractivity contribution in [1.29, 1.82) is 0 Å². The number of fused-ring (bicyclic) bond motifs is 1. The van der Waals surface area contributed by atoms with Crippen LogP contribution in [0.2, 0.25) is 0 Å². The van der Waals surface area contributed by atoms with E-state index in [1.807, 2.05) is 44.1 Å². The number of carbonyl (C=O) groups is 2. The van der Waals surface area contributed by atoms with E-state index in [0.717, 1.165) is 28.1 Å². The maximum Gasteiger partial charge on any atom is 0.573 e. The zero-order valence-corrected chi connectivity index (χ0v) is 18.6. The average molecular weight is 470 g/mol. The number of hydrogen-bond donors (Lipinski definition) is 0. The van der Waals surface area contributed by atoms with Gasteiger partial charge in [-0.3, -0.25) is 14.7 Å². The van der Waals surface area contributed by atoms with Gasteiger partial charge in [-0.1, -0.05) is 19.1 Å². The molecule has 1 saturated heterocycles. The molecule has 0 N–H and O–H groups in total. The molecule has 176 valence electrons. The summed E-state index contributed by atoms with van der Waals surface area (Å²) in [6, 6.07) is 11.5. The van der Waals surface area contributed by atoms with Gasteiger partial charge in [0.2, 0.25) is 0 Å². The van der Waals surface area contributed by atoms with Crippen LogP contribution in [0.25, 0.3) is 10.9 Å². The average Bonchev–Trinajstić information content (AvgIpc) is 3.39. The Morgan fingerprint density at radius 3 is 2.35 bits per heavy atom. The van der Waals surface area contributed by atoms with Crippen molar-refractivity contribution in [3.05, 3.63) is 54.7 Å². The Labute approximate surface area is 193 Å². The van der Waals surface area contributed by atoms with Crippen molar-refractivity contribution in [3.63, 3.8) is 0 Å². The number of nitrogens with zero attached hydrogens (tertiary/aromatic N) is 4. The van der Waals surface area contributed by atoms with Crippen LogP contribution < -0.4 is 19.4 Å². The second-order valence-electron chi connectivity index (χ2n) is 8.73. The molecule has 1 aromatic heterocycles. The number of imide groups is 1. The number of aromatic nitrogens is 1. The molecule has 7 nitrogen and oxygen atoms in total. The van der Waals surface area contributed by atoms with E-state index in [9.17, 15) is 22.8 Å². The van der Waals surface area contributed by atoms with Gasteiger partial charge in [0.1, 0.15) is 11.3 Å². The molecule has 0 radical (unpaired) electrons. The number of alkyl halides is 3. The second-order valence-corrected chi connectivity index (χ2v) is 8.73. The van der Waals surface area contributed by atoms with E-state index in [2.05, 4.69) is 9.72 Å². The molecule has 2 heterocycles. The van der Waals surface area contributed by atoms with Gasteiger partial charge in [-0.25, -0.2) is 9.69 Å². The number of pyridine rings is 1. The lowest BCUT2D eigenvalue weighted by Crippen LogP contribution is -2.39. The molecule has 3 amide bonds. The van der Waals surface area contributed by atoms with Crippen LogP contribution in [-0.2, 0) is 4.79 Å². The van der Waals surface area contributed by atoms with Crippen molar-refractivity contribution in [2.24, 2.45) is 5.92 Å². The van der Waals surface area contributed by atoms with Gasteiger partial charge in [-0.15, -0.1) is 13.2 Å². The second kappa shape index (κ2) is 7.34. The zero-order chi connectivity index (χ0) is 24.4. The van der Waals surface area contributed by atoms with E-state index < -0.39 is 29.6 Å². The van der Waals surface area contributed by atoms with Crippen LogP contribution in [0.1, 0.15) is 13.3 Å². The summed E-state index contributed by atoms with van der Waals surface area (Å²) >= 11 is 0. The number of halogens is 3. The van der Waals surface area contributed by atoms with E-state index >= 15 is 0 Å². The predicted octanol–water partition coefficient (Wildman–Crippen LogP) is 4.95. The number of amides is 3. The molecule has 3 aromatic rings. The minimum absolute atomic E-state index is 0.0815. The van der Waals surface area contributed by atoms with Crippen molar-refractivity contribution in [1.82, 2.24) is 4.98 Å². The molecule has 0 bridgehead atoms. The van der Waals surface area contributed by atoms with E-state index in [0.29, 0.717) is 17.6 Å². The van der Waals surface area contributed by atoms with Gasteiger partial charge in [0.25, 0.3) is 5.91 Å². The quantitative estimate of drug-likeness (QED) is 0.505. The highest BCUT2D eigenvalue weighted by atomic mass is 19.4. The number of hydrogen-bond acceptors (Lipinski definition) is 5. The highest BCUT2D eigenvalue weighted by molar-refractivity contribution is 6.33. The first-order chi connectivity index (χ1) is 16.0. The normalized spacial score (nSPS) is 22.1. The first-order valence-corrected chi connectivity index (χ1v) is 10.6. The summed E-state index contributed by atoms with van der Waals surface area (Å²) in [4.78, 5) is 36.2. The van der Waals surface area contributed by atoms with Crippen LogP contribution in [0.4, 0.5) is 35.0 Å². The van der Waals surface area contributed by atoms with E-state index in [1.165, 1.54) is 17.0 Å². The topological polar surface area (TPSA) is 66.0 Å². The fourth-order valence-corrected chi connectivity index (χ4v) is 4.71. The Kier molecular flexibility index (Phi) is 4.75. The molecule has 1 spiro atoms. The van der Waals surface area contributed by atoms with E-state index in [-0.39, 0.29) is 11.6 Å². The molecular formula is C24H21F3N4O3. The van der Waals surface area contributed by atoms with Gasteiger partial charge in [0, 0.05) is 25.7 Å². The van der Waals surface area contributed by atoms with Gasteiger partial charge >= 0.3 is 12.4 Å². The number of benzene rings is 2. The van der Waals surface area contributed by atoms with Gasteiger partial charge in [-0.05, 0) is 48.7 Å². The third kappa shape index (κ3) is 3.24. The Hall–Kier alpha value is -3.82. The maximum atomic E-state index is 13.7. The first-order valence-electron chi connectivity index (χ1n) is 10.6. The summed E-state index contributed by atoms with van der Waals surface area (Å²) < 4.78 is 41.4. The van der Waals surface area contributed by atoms with Crippen LogP contribution >= 0.6 is 0 Å². The Balaban J connectivity index is 1.59. The molecule has 2 aliphatic rings. The lowest BCUT2D eigenvalue weighted by molar-refractivity contribution is -0.274. The Morgan fingerprint density at radius 2 is 1.76 bits per heavy atom. The third-order valence-corrected chi connectivity index (χ3v) is 6.41.